The first-order valence-electron chi connectivity index (χ1n) is 10.3. The van der Waals surface area contributed by atoms with Crippen LogP contribution in [0.15, 0.2) is 53.4 Å². The van der Waals surface area contributed by atoms with Gasteiger partial charge in [0.05, 0.1) is 10.6 Å². The molecular formula is C23H28N2O3S. The van der Waals surface area contributed by atoms with Crippen molar-refractivity contribution in [3.63, 3.8) is 0 Å². The smallest absolute Gasteiger partial charge is 0.264 e. The average molecular weight is 413 g/mol. The molecular weight excluding hydrogens is 384 g/mol. The van der Waals surface area contributed by atoms with Crippen LogP contribution in [0.4, 0.5) is 5.69 Å². The van der Waals surface area contributed by atoms with E-state index < -0.39 is 10.0 Å². The van der Waals surface area contributed by atoms with E-state index in [1.54, 1.807) is 36.4 Å². The first kappa shape index (κ1) is 20.0. The summed E-state index contributed by atoms with van der Waals surface area (Å²) < 4.78 is 28.1. The van der Waals surface area contributed by atoms with Crippen molar-refractivity contribution in [3.05, 3.63) is 59.7 Å². The van der Waals surface area contributed by atoms with E-state index >= 15 is 0 Å². The molecule has 1 amide bonds. The van der Waals surface area contributed by atoms with Crippen molar-refractivity contribution in [2.24, 2.45) is 11.8 Å². The van der Waals surface area contributed by atoms with Gasteiger partial charge in [-0.25, -0.2) is 8.42 Å². The fraction of sp³-hybridized carbons (Fsp3) is 0.435. The zero-order chi connectivity index (χ0) is 20.6. The molecule has 0 unspecified atom stereocenters. The third kappa shape index (κ3) is 3.90. The molecule has 2 saturated carbocycles. The lowest BCUT2D eigenvalue weighted by molar-refractivity contribution is -0.120. The van der Waals surface area contributed by atoms with E-state index in [-0.39, 0.29) is 23.4 Å². The van der Waals surface area contributed by atoms with Crippen molar-refractivity contribution in [1.82, 2.24) is 5.32 Å². The summed E-state index contributed by atoms with van der Waals surface area (Å²) in [5.74, 6) is 1.03. The molecule has 0 aliphatic heterocycles. The van der Waals surface area contributed by atoms with Crippen LogP contribution in [-0.4, -0.2) is 26.9 Å². The molecule has 2 fully saturated rings. The number of rotatable bonds is 6. The van der Waals surface area contributed by atoms with E-state index in [0.717, 1.165) is 17.5 Å². The van der Waals surface area contributed by atoms with Gasteiger partial charge in [0.2, 0.25) is 5.91 Å². The fourth-order valence-electron chi connectivity index (χ4n) is 4.83. The lowest BCUT2D eigenvalue weighted by Crippen LogP contribution is -2.46. The maximum atomic E-state index is 13.4. The minimum Gasteiger partial charge on any atom is -0.352 e. The van der Waals surface area contributed by atoms with E-state index in [9.17, 15) is 13.2 Å². The third-order valence-corrected chi connectivity index (χ3v) is 8.32. The van der Waals surface area contributed by atoms with Crippen molar-refractivity contribution >= 4 is 21.6 Å². The lowest BCUT2D eigenvalue weighted by atomic mass is 9.95. The number of carbonyl (C=O) groups excluding carboxylic acids is 1. The highest BCUT2D eigenvalue weighted by Crippen LogP contribution is 2.44. The predicted octanol–water partition coefficient (Wildman–Crippen LogP) is 3.80. The van der Waals surface area contributed by atoms with E-state index in [1.807, 2.05) is 26.0 Å². The maximum Gasteiger partial charge on any atom is 0.264 e. The fourth-order valence-corrected chi connectivity index (χ4v) is 6.33. The molecule has 5 nitrogen and oxygen atoms in total. The van der Waals surface area contributed by atoms with Crippen LogP contribution in [-0.2, 0) is 14.8 Å². The van der Waals surface area contributed by atoms with Gasteiger partial charge >= 0.3 is 0 Å². The van der Waals surface area contributed by atoms with E-state index in [0.29, 0.717) is 17.5 Å². The van der Waals surface area contributed by atoms with Crippen LogP contribution in [0.5, 0.6) is 0 Å². The Labute approximate surface area is 173 Å². The molecule has 0 radical (unpaired) electrons. The number of benzene rings is 2. The molecule has 29 heavy (non-hydrogen) atoms. The van der Waals surface area contributed by atoms with Crippen molar-refractivity contribution in [3.8, 4) is 0 Å². The Balaban J connectivity index is 1.63. The zero-order valence-electron chi connectivity index (χ0n) is 17.0. The summed E-state index contributed by atoms with van der Waals surface area (Å²) in [6.45, 7) is 3.63. The molecule has 2 aromatic rings. The molecule has 154 valence electrons. The summed E-state index contributed by atoms with van der Waals surface area (Å²) in [5, 5.41) is 3.12. The highest BCUT2D eigenvalue weighted by Gasteiger charge is 2.40. The number of fused-ring (bicyclic) bond motifs is 2. The highest BCUT2D eigenvalue weighted by atomic mass is 32.2. The van der Waals surface area contributed by atoms with Crippen LogP contribution < -0.4 is 9.62 Å². The number of hydrogen-bond donors (Lipinski definition) is 1. The maximum absolute atomic E-state index is 13.4. The standard InChI is InChI=1S/C23H28N2O3S/c1-16-7-6-10-22(17(16)2)25(29(27,28)20-8-4-3-5-9-20)15-23(26)24-21-14-18-11-12-19(21)13-18/h3-10,18-19,21H,11-15H2,1-2H3,(H,24,26)/t18-,19+,21+/m1/s1. The molecule has 3 atom stereocenters. The zero-order valence-corrected chi connectivity index (χ0v) is 17.8. The molecule has 6 heteroatoms. The van der Waals surface area contributed by atoms with Gasteiger partial charge in [0.15, 0.2) is 0 Å². The predicted molar refractivity (Wildman–Crippen MR) is 114 cm³/mol. The van der Waals surface area contributed by atoms with Crippen molar-refractivity contribution in [2.75, 3.05) is 10.8 Å². The van der Waals surface area contributed by atoms with E-state index in [1.165, 1.54) is 23.6 Å². The van der Waals surface area contributed by atoms with Gasteiger partial charge in [-0.1, -0.05) is 36.8 Å². The quantitative estimate of drug-likeness (QED) is 0.785. The molecule has 2 aliphatic rings. The summed E-state index contributed by atoms with van der Waals surface area (Å²) in [7, 11) is -3.86. The second-order valence-electron chi connectivity index (χ2n) is 8.39. The summed E-state index contributed by atoms with van der Waals surface area (Å²) in [4.78, 5) is 13.1. The average Bonchev–Trinajstić information content (AvgIpc) is 3.32. The summed E-state index contributed by atoms with van der Waals surface area (Å²) in [6, 6.07) is 14.0. The van der Waals surface area contributed by atoms with Gasteiger partial charge < -0.3 is 5.32 Å². The van der Waals surface area contributed by atoms with Crippen molar-refractivity contribution in [1.29, 1.82) is 0 Å². The van der Waals surface area contributed by atoms with Crippen molar-refractivity contribution in [2.45, 2.75) is 50.5 Å². The van der Waals surface area contributed by atoms with Gasteiger partial charge in [-0.2, -0.15) is 0 Å². The van der Waals surface area contributed by atoms with Gasteiger partial charge in [-0.15, -0.1) is 0 Å². The Bertz CT molecular complexity index is 1000. The Kier molecular flexibility index (Phi) is 5.38. The SMILES string of the molecule is Cc1cccc(N(CC(=O)N[C@H]2C[C@@H]3CC[C@H]2C3)S(=O)(=O)c2ccccc2)c1C. The van der Waals surface area contributed by atoms with Crippen LogP contribution in [0.3, 0.4) is 0 Å². The minimum atomic E-state index is -3.86. The largest absolute Gasteiger partial charge is 0.352 e. The highest BCUT2D eigenvalue weighted by molar-refractivity contribution is 7.92. The molecule has 2 bridgehead atoms. The summed E-state index contributed by atoms with van der Waals surface area (Å²) in [5.41, 5.74) is 2.40. The number of sulfonamides is 1. The van der Waals surface area contributed by atoms with Gasteiger partial charge in [-0.3, -0.25) is 9.10 Å². The van der Waals surface area contributed by atoms with Gasteiger partial charge in [0.1, 0.15) is 6.54 Å². The Hall–Kier alpha value is -2.34. The van der Waals surface area contributed by atoms with E-state index in [4.69, 9.17) is 0 Å². The molecule has 0 spiro atoms. The minimum absolute atomic E-state index is 0.182. The second kappa shape index (κ2) is 7.82. The van der Waals surface area contributed by atoms with Gasteiger partial charge in [0.25, 0.3) is 10.0 Å². The molecule has 1 N–H and O–H groups in total. The molecule has 2 aromatic carbocycles. The molecule has 0 heterocycles. The van der Waals surface area contributed by atoms with Gasteiger partial charge in [0, 0.05) is 6.04 Å². The van der Waals surface area contributed by atoms with Crippen LogP contribution in [0.25, 0.3) is 0 Å². The third-order valence-electron chi connectivity index (χ3n) is 6.55. The van der Waals surface area contributed by atoms with Crippen LogP contribution in [0.2, 0.25) is 0 Å². The lowest BCUT2D eigenvalue weighted by Gasteiger charge is -2.28. The summed E-state index contributed by atoms with van der Waals surface area (Å²) >= 11 is 0. The Morgan fingerprint density at radius 2 is 1.79 bits per heavy atom. The van der Waals surface area contributed by atoms with Gasteiger partial charge in [-0.05, 0) is 74.3 Å². The number of anilines is 1. The number of aryl methyl sites for hydroxylation is 1. The van der Waals surface area contributed by atoms with Crippen LogP contribution in [0.1, 0.15) is 36.8 Å². The second-order valence-corrected chi connectivity index (χ2v) is 10.3. The number of hydrogen-bond acceptors (Lipinski definition) is 3. The number of nitrogens with one attached hydrogen (secondary N) is 1. The van der Waals surface area contributed by atoms with Crippen molar-refractivity contribution < 1.29 is 13.2 Å². The van der Waals surface area contributed by atoms with E-state index in [2.05, 4.69) is 5.32 Å². The first-order valence-corrected chi connectivity index (χ1v) is 11.7. The monoisotopic (exact) mass is 412 g/mol. The Morgan fingerprint density at radius 1 is 1.03 bits per heavy atom. The van der Waals surface area contributed by atoms with Crippen LogP contribution >= 0.6 is 0 Å². The molecule has 4 rings (SSSR count). The Morgan fingerprint density at radius 3 is 2.45 bits per heavy atom. The molecule has 2 aliphatic carbocycles. The normalized spacial score (nSPS) is 23.2. The first-order chi connectivity index (χ1) is 13.9. The molecule has 0 saturated heterocycles. The molecule has 0 aromatic heterocycles. The number of nitrogens with zero attached hydrogens (tertiary/aromatic N) is 1. The number of amides is 1. The topological polar surface area (TPSA) is 66.5 Å². The number of carbonyl (C=O) groups is 1. The summed E-state index contributed by atoms with van der Waals surface area (Å²) in [6.07, 6.45) is 4.63. The van der Waals surface area contributed by atoms with Crippen LogP contribution in [0, 0.1) is 25.7 Å².